The standard InChI is InChI=1S/C16H15Cl2NO2S/c1-11(20)19-14-4-2-3-5-15(14)21-8-9-22-16-10-12(17)6-7-13(16)18/h2-7,10H,8-9H2,1H3,(H,19,20). The molecular formula is C16H15Cl2NO2S. The van der Waals surface area contributed by atoms with Crippen LogP contribution < -0.4 is 10.1 Å². The van der Waals surface area contributed by atoms with Gasteiger partial charge in [-0.25, -0.2) is 0 Å². The van der Waals surface area contributed by atoms with Gasteiger partial charge < -0.3 is 10.1 Å². The SMILES string of the molecule is CC(=O)Nc1ccccc1OCCSc1cc(Cl)ccc1Cl. The molecule has 0 aliphatic rings. The lowest BCUT2D eigenvalue weighted by atomic mass is 10.3. The minimum Gasteiger partial charge on any atom is -0.491 e. The molecule has 0 heterocycles. The van der Waals surface area contributed by atoms with Crippen molar-refractivity contribution in [3.05, 3.63) is 52.5 Å². The van der Waals surface area contributed by atoms with Crippen LogP contribution in [0.2, 0.25) is 10.0 Å². The van der Waals surface area contributed by atoms with Crippen LogP contribution in [-0.4, -0.2) is 18.3 Å². The second kappa shape index (κ2) is 8.32. The summed E-state index contributed by atoms with van der Waals surface area (Å²) in [5.41, 5.74) is 0.667. The van der Waals surface area contributed by atoms with Crippen molar-refractivity contribution < 1.29 is 9.53 Å². The third kappa shape index (κ3) is 5.13. The Morgan fingerprint density at radius 1 is 1.23 bits per heavy atom. The number of benzene rings is 2. The van der Waals surface area contributed by atoms with E-state index >= 15 is 0 Å². The van der Waals surface area contributed by atoms with E-state index in [1.165, 1.54) is 6.92 Å². The van der Waals surface area contributed by atoms with Gasteiger partial charge in [0.2, 0.25) is 5.91 Å². The highest BCUT2D eigenvalue weighted by Gasteiger charge is 2.05. The summed E-state index contributed by atoms with van der Waals surface area (Å²) in [6.07, 6.45) is 0. The van der Waals surface area contributed by atoms with Gasteiger partial charge >= 0.3 is 0 Å². The van der Waals surface area contributed by atoms with Crippen LogP contribution in [0.4, 0.5) is 5.69 Å². The number of amides is 1. The number of ether oxygens (including phenoxy) is 1. The van der Waals surface area contributed by atoms with Crippen molar-refractivity contribution >= 4 is 46.6 Å². The Labute approximate surface area is 144 Å². The number of thioether (sulfide) groups is 1. The van der Waals surface area contributed by atoms with Gasteiger partial charge in [-0.1, -0.05) is 35.3 Å². The fraction of sp³-hybridized carbons (Fsp3) is 0.188. The monoisotopic (exact) mass is 355 g/mol. The van der Waals surface area contributed by atoms with E-state index < -0.39 is 0 Å². The average Bonchev–Trinajstić information content (AvgIpc) is 2.48. The number of carbonyl (C=O) groups is 1. The van der Waals surface area contributed by atoms with Crippen molar-refractivity contribution in [2.45, 2.75) is 11.8 Å². The molecule has 116 valence electrons. The third-order valence-electron chi connectivity index (χ3n) is 2.69. The lowest BCUT2D eigenvalue weighted by Crippen LogP contribution is -2.08. The molecule has 2 rings (SSSR count). The summed E-state index contributed by atoms with van der Waals surface area (Å²) in [5, 5.41) is 4.07. The first-order chi connectivity index (χ1) is 10.6. The maximum atomic E-state index is 11.2. The summed E-state index contributed by atoms with van der Waals surface area (Å²) in [6.45, 7) is 1.96. The van der Waals surface area contributed by atoms with Crippen molar-refractivity contribution in [3.8, 4) is 5.75 Å². The van der Waals surface area contributed by atoms with Crippen LogP contribution in [0.1, 0.15) is 6.92 Å². The zero-order valence-electron chi connectivity index (χ0n) is 11.9. The van der Waals surface area contributed by atoms with E-state index in [4.69, 9.17) is 27.9 Å². The van der Waals surface area contributed by atoms with Gasteiger partial charge in [-0.2, -0.15) is 0 Å². The predicted molar refractivity (Wildman–Crippen MR) is 93.4 cm³/mol. The highest BCUT2D eigenvalue weighted by molar-refractivity contribution is 7.99. The number of anilines is 1. The zero-order chi connectivity index (χ0) is 15.9. The summed E-state index contributed by atoms with van der Waals surface area (Å²) in [5.74, 6) is 1.24. The molecule has 2 aromatic rings. The smallest absolute Gasteiger partial charge is 0.221 e. The first-order valence-corrected chi connectivity index (χ1v) is 8.37. The number of nitrogens with one attached hydrogen (secondary N) is 1. The number of para-hydroxylation sites is 2. The number of halogens is 2. The van der Waals surface area contributed by atoms with Gasteiger partial charge in [-0.15, -0.1) is 11.8 Å². The molecule has 2 aromatic carbocycles. The van der Waals surface area contributed by atoms with E-state index in [2.05, 4.69) is 5.32 Å². The minimum absolute atomic E-state index is 0.129. The molecule has 1 N–H and O–H groups in total. The van der Waals surface area contributed by atoms with E-state index in [9.17, 15) is 4.79 Å². The second-order valence-corrected chi connectivity index (χ2v) is 6.43. The largest absolute Gasteiger partial charge is 0.491 e. The van der Waals surface area contributed by atoms with Crippen LogP contribution in [0, 0.1) is 0 Å². The lowest BCUT2D eigenvalue weighted by molar-refractivity contribution is -0.114. The van der Waals surface area contributed by atoms with Crippen LogP contribution in [0.5, 0.6) is 5.75 Å². The van der Waals surface area contributed by atoms with Crippen molar-refractivity contribution in [2.75, 3.05) is 17.7 Å². The number of hydrogen-bond acceptors (Lipinski definition) is 3. The van der Waals surface area contributed by atoms with Gasteiger partial charge in [-0.05, 0) is 30.3 Å². The molecule has 0 aromatic heterocycles. The van der Waals surface area contributed by atoms with Crippen molar-refractivity contribution in [3.63, 3.8) is 0 Å². The fourth-order valence-electron chi connectivity index (χ4n) is 1.78. The molecule has 0 aliphatic carbocycles. The molecule has 0 spiro atoms. The van der Waals surface area contributed by atoms with E-state index in [0.29, 0.717) is 33.8 Å². The fourth-order valence-corrected chi connectivity index (χ4v) is 3.10. The van der Waals surface area contributed by atoms with Gasteiger partial charge in [-0.3, -0.25) is 4.79 Å². The summed E-state index contributed by atoms with van der Waals surface area (Å²) in [7, 11) is 0. The first kappa shape index (κ1) is 17.0. The maximum Gasteiger partial charge on any atom is 0.221 e. The highest BCUT2D eigenvalue weighted by Crippen LogP contribution is 2.30. The van der Waals surface area contributed by atoms with Crippen LogP contribution in [-0.2, 0) is 4.79 Å². The quantitative estimate of drug-likeness (QED) is 0.576. The zero-order valence-corrected chi connectivity index (χ0v) is 14.3. The van der Waals surface area contributed by atoms with Crippen molar-refractivity contribution in [1.29, 1.82) is 0 Å². The lowest BCUT2D eigenvalue weighted by Gasteiger charge is -2.11. The highest BCUT2D eigenvalue weighted by atomic mass is 35.5. The predicted octanol–water partition coefficient (Wildman–Crippen LogP) is 5.12. The molecule has 0 bridgehead atoms. The third-order valence-corrected chi connectivity index (χ3v) is 4.39. The van der Waals surface area contributed by atoms with Gasteiger partial charge in [0.05, 0.1) is 17.3 Å². The second-order valence-electron chi connectivity index (χ2n) is 4.45. The summed E-state index contributed by atoms with van der Waals surface area (Å²) in [4.78, 5) is 12.1. The number of carbonyl (C=O) groups excluding carboxylic acids is 1. The van der Waals surface area contributed by atoms with Crippen molar-refractivity contribution in [1.82, 2.24) is 0 Å². The molecule has 0 fully saturated rings. The molecule has 3 nitrogen and oxygen atoms in total. The van der Waals surface area contributed by atoms with Gasteiger partial charge in [0, 0.05) is 22.6 Å². The molecule has 0 saturated heterocycles. The topological polar surface area (TPSA) is 38.3 Å². The van der Waals surface area contributed by atoms with Crippen LogP contribution >= 0.6 is 35.0 Å². The Balaban J connectivity index is 1.89. The normalized spacial score (nSPS) is 10.3. The Hall–Kier alpha value is -1.36. The molecule has 0 unspecified atom stereocenters. The molecule has 22 heavy (non-hydrogen) atoms. The molecule has 0 saturated carbocycles. The van der Waals surface area contributed by atoms with E-state index in [-0.39, 0.29) is 5.91 Å². The number of rotatable bonds is 6. The molecule has 0 radical (unpaired) electrons. The Morgan fingerprint density at radius 3 is 2.77 bits per heavy atom. The van der Waals surface area contributed by atoms with Crippen LogP contribution in [0.3, 0.4) is 0 Å². The minimum atomic E-state index is -0.129. The number of hydrogen-bond donors (Lipinski definition) is 1. The molecule has 6 heteroatoms. The maximum absolute atomic E-state index is 11.2. The van der Waals surface area contributed by atoms with Crippen LogP contribution in [0.25, 0.3) is 0 Å². The van der Waals surface area contributed by atoms with Gasteiger partial charge in [0.15, 0.2) is 0 Å². The summed E-state index contributed by atoms with van der Waals surface area (Å²) < 4.78 is 5.72. The van der Waals surface area contributed by atoms with E-state index in [1.54, 1.807) is 30.0 Å². The van der Waals surface area contributed by atoms with Crippen molar-refractivity contribution in [2.24, 2.45) is 0 Å². The molecular weight excluding hydrogens is 341 g/mol. The van der Waals surface area contributed by atoms with Gasteiger partial charge in [0.25, 0.3) is 0 Å². The first-order valence-electron chi connectivity index (χ1n) is 6.63. The van der Waals surface area contributed by atoms with Gasteiger partial charge in [0.1, 0.15) is 5.75 Å². The molecule has 0 aliphatic heterocycles. The Bertz CT molecular complexity index is 664. The summed E-state index contributed by atoms with van der Waals surface area (Å²) in [6, 6.07) is 12.7. The molecule has 1 amide bonds. The Morgan fingerprint density at radius 2 is 2.00 bits per heavy atom. The van der Waals surface area contributed by atoms with Crippen LogP contribution in [0.15, 0.2) is 47.4 Å². The average molecular weight is 356 g/mol. The summed E-state index contributed by atoms with van der Waals surface area (Å²) >= 11 is 13.6. The van der Waals surface area contributed by atoms with E-state index in [0.717, 1.165) is 4.90 Å². The van der Waals surface area contributed by atoms with E-state index in [1.807, 2.05) is 24.3 Å². The Kier molecular flexibility index (Phi) is 6.43. The molecule has 0 atom stereocenters.